The summed E-state index contributed by atoms with van der Waals surface area (Å²) >= 11 is 6.78. The largest absolute Gasteiger partial charge is 0.373 e. The van der Waals surface area contributed by atoms with Crippen LogP contribution in [0.5, 0.6) is 0 Å². The number of hydrogen-bond donors (Lipinski definition) is 0. The van der Waals surface area contributed by atoms with Gasteiger partial charge in [-0.25, -0.2) is 9.97 Å². The van der Waals surface area contributed by atoms with Gasteiger partial charge in [0.15, 0.2) is 0 Å². The van der Waals surface area contributed by atoms with Crippen LogP contribution >= 0.6 is 31.9 Å². The summed E-state index contributed by atoms with van der Waals surface area (Å²) in [5, 5.41) is 0.840. The Morgan fingerprint density at radius 3 is 2.81 bits per heavy atom. The summed E-state index contributed by atoms with van der Waals surface area (Å²) in [6.45, 7) is 3.67. The summed E-state index contributed by atoms with van der Waals surface area (Å²) in [5.74, 6) is 0.768. The van der Waals surface area contributed by atoms with Crippen molar-refractivity contribution in [1.29, 1.82) is 0 Å². The third-order valence-electron chi connectivity index (χ3n) is 2.54. The van der Waals surface area contributed by atoms with Gasteiger partial charge in [-0.05, 0) is 22.9 Å². The highest BCUT2D eigenvalue weighted by Crippen LogP contribution is 2.19. The van der Waals surface area contributed by atoms with Gasteiger partial charge in [0.1, 0.15) is 0 Å². The standard InChI is InChI=1S/C10H13Br2N3O/c1-7-6-16-9(2-11)5-15(7)10-13-3-8(12)4-14-10/h3-4,7,9H,2,5-6H2,1H3. The molecule has 6 heteroatoms. The molecule has 1 aliphatic heterocycles. The van der Waals surface area contributed by atoms with E-state index in [0.29, 0.717) is 6.04 Å². The summed E-state index contributed by atoms with van der Waals surface area (Å²) in [5.41, 5.74) is 0. The molecule has 2 unspecified atom stereocenters. The molecule has 0 saturated carbocycles. The van der Waals surface area contributed by atoms with E-state index >= 15 is 0 Å². The van der Waals surface area contributed by atoms with E-state index in [2.05, 4.69) is 53.7 Å². The Kier molecular flexibility index (Phi) is 4.16. The Labute approximate surface area is 112 Å². The van der Waals surface area contributed by atoms with E-state index in [1.54, 1.807) is 12.4 Å². The first kappa shape index (κ1) is 12.3. The van der Waals surface area contributed by atoms with Crippen LogP contribution in [0.4, 0.5) is 5.95 Å². The van der Waals surface area contributed by atoms with Crippen LogP contribution in [-0.2, 0) is 4.74 Å². The highest BCUT2D eigenvalue weighted by molar-refractivity contribution is 9.10. The average Bonchev–Trinajstić information content (AvgIpc) is 2.31. The van der Waals surface area contributed by atoms with E-state index in [-0.39, 0.29) is 6.10 Å². The van der Waals surface area contributed by atoms with Gasteiger partial charge in [-0.2, -0.15) is 0 Å². The maximum atomic E-state index is 5.66. The molecule has 0 spiro atoms. The Morgan fingerprint density at radius 2 is 2.19 bits per heavy atom. The number of ether oxygens (including phenoxy) is 1. The summed E-state index contributed by atoms with van der Waals surface area (Å²) in [7, 11) is 0. The molecule has 16 heavy (non-hydrogen) atoms. The second kappa shape index (κ2) is 5.42. The number of halogens is 2. The van der Waals surface area contributed by atoms with Gasteiger partial charge in [0, 0.05) is 24.3 Å². The smallest absolute Gasteiger partial charge is 0.225 e. The fraction of sp³-hybridized carbons (Fsp3) is 0.600. The van der Waals surface area contributed by atoms with Crippen LogP contribution in [-0.4, -0.2) is 40.6 Å². The van der Waals surface area contributed by atoms with E-state index in [1.807, 2.05) is 0 Å². The predicted molar refractivity (Wildman–Crippen MR) is 70.1 cm³/mol. The number of rotatable bonds is 2. The first-order valence-electron chi connectivity index (χ1n) is 5.12. The topological polar surface area (TPSA) is 38.2 Å². The van der Waals surface area contributed by atoms with Crippen molar-refractivity contribution in [3.8, 4) is 0 Å². The van der Waals surface area contributed by atoms with Crippen molar-refractivity contribution in [2.45, 2.75) is 19.1 Å². The molecule has 1 saturated heterocycles. The minimum Gasteiger partial charge on any atom is -0.373 e. The van der Waals surface area contributed by atoms with Crippen molar-refractivity contribution in [3.05, 3.63) is 16.9 Å². The van der Waals surface area contributed by atoms with Crippen LogP contribution < -0.4 is 4.90 Å². The molecule has 0 amide bonds. The third-order valence-corrected chi connectivity index (χ3v) is 3.67. The minimum atomic E-state index is 0.212. The van der Waals surface area contributed by atoms with Crippen molar-refractivity contribution in [3.63, 3.8) is 0 Å². The molecule has 1 aromatic heterocycles. The van der Waals surface area contributed by atoms with Crippen LogP contribution in [0.2, 0.25) is 0 Å². The molecule has 0 N–H and O–H groups in total. The number of alkyl halides is 1. The lowest BCUT2D eigenvalue weighted by atomic mass is 10.2. The quantitative estimate of drug-likeness (QED) is 0.766. The number of hydrogen-bond acceptors (Lipinski definition) is 4. The number of nitrogens with zero attached hydrogens (tertiary/aromatic N) is 3. The number of anilines is 1. The van der Waals surface area contributed by atoms with Crippen molar-refractivity contribution >= 4 is 37.8 Å². The van der Waals surface area contributed by atoms with Gasteiger partial charge in [0.05, 0.1) is 23.2 Å². The van der Waals surface area contributed by atoms with Crippen molar-refractivity contribution in [2.24, 2.45) is 0 Å². The molecular formula is C10H13Br2N3O. The SMILES string of the molecule is CC1COC(CBr)CN1c1ncc(Br)cn1. The molecule has 2 atom stereocenters. The first-order chi connectivity index (χ1) is 7.70. The average molecular weight is 351 g/mol. The Morgan fingerprint density at radius 1 is 1.50 bits per heavy atom. The monoisotopic (exact) mass is 349 g/mol. The van der Waals surface area contributed by atoms with Crippen LogP contribution in [0, 0.1) is 0 Å². The van der Waals surface area contributed by atoms with Crippen LogP contribution in [0.25, 0.3) is 0 Å². The number of morpholine rings is 1. The third kappa shape index (κ3) is 2.73. The van der Waals surface area contributed by atoms with Gasteiger partial charge in [-0.15, -0.1) is 0 Å². The zero-order valence-electron chi connectivity index (χ0n) is 8.94. The van der Waals surface area contributed by atoms with Gasteiger partial charge in [0.2, 0.25) is 5.95 Å². The molecule has 0 aliphatic carbocycles. The normalized spacial score (nSPS) is 25.8. The van der Waals surface area contributed by atoms with Gasteiger partial charge < -0.3 is 9.64 Å². The fourth-order valence-corrected chi connectivity index (χ4v) is 2.24. The molecule has 0 aromatic carbocycles. The summed E-state index contributed by atoms with van der Waals surface area (Å²) in [4.78, 5) is 10.8. The van der Waals surface area contributed by atoms with E-state index in [0.717, 1.165) is 28.9 Å². The van der Waals surface area contributed by atoms with Crippen LogP contribution in [0.1, 0.15) is 6.92 Å². The lowest BCUT2D eigenvalue weighted by Gasteiger charge is -2.37. The molecule has 0 radical (unpaired) electrons. The maximum absolute atomic E-state index is 5.66. The fourth-order valence-electron chi connectivity index (χ4n) is 1.64. The molecular weight excluding hydrogens is 338 g/mol. The zero-order valence-corrected chi connectivity index (χ0v) is 12.1. The second-order valence-electron chi connectivity index (χ2n) is 3.81. The van der Waals surface area contributed by atoms with Gasteiger partial charge in [-0.1, -0.05) is 15.9 Å². The highest BCUT2D eigenvalue weighted by Gasteiger charge is 2.27. The Balaban J connectivity index is 2.14. The van der Waals surface area contributed by atoms with E-state index in [1.165, 1.54) is 0 Å². The molecule has 1 aliphatic rings. The van der Waals surface area contributed by atoms with Gasteiger partial charge in [0.25, 0.3) is 0 Å². The molecule has 1 aromatic rings. The molecule has 4 nitrogen and oxygen atoms in total. The van der Waals surface area contributed by atoms with E-state index < -0.39 is 0 Å². The lowest BCUT2D eigenvalue weighted by molar-refractivity contribution is 0.0373. The van der Waals surface area contributed by atoms with Crippen molar-refractivity contribution < 1.29 is 4.74 Å². The molecule has 88 valence electrons. The molecule has 2 rings (SSSR count). The Bertz CT molecular complexity index is 346. The summed E-state index contributed by atoms with van der Waals surface area (Å²) in [6, 6.07) is 0.316. The van der Waals surface area contributed by atoms with E-state index in [4.69, 9.17) is 4.74 Å². The van der Waals surface area contributed by atoms with E-state index in [9.17, 15) is 0 Å². The highest BCUT2D eigenvalue weighted by atomic mass is 79.9. The van der Waals surface area contributed by atoms with Crippen LogP contribution in [0.3, 0.4) is 0 Å². The van der Waals surface area contributed by atoms with Gasteiger partial charge in [-0.3, -0.25) is 0 Å². The number of aromatic nitrogens is 2. The first-order valence-corrected chi connectivity index (χ1v) is 7.04. The van der Waals surface area contributed by atoms with Gasteiger partial charge >= 0.3 is 0 Å². The second-order valence-corrected chi connectivity index (χ2v) is 5.38. The molecule has 1 fully saturated rings. The van der Waals surface area contributed by atoms with Crippen molar-refractivity contribution in [1.82, 2.24) is 9.97 Å². The van der Waals surface area contributed by atoms with Crippen molar-refractivity contribution in [2.75, 3.05) is 23.4 Å². The predicted octanol–water partition coefficient (Wildman–Crippen LogP) is 2.23. The lowest BCUT2D eigenvalue weighted by Crippen LogP contribution is -2.49. The minimum absolute atomic E-state index is 0.212. The van der Waals surface area contributed by atoms with Crippen LogP contribution in [0.15, 0.2) is 16.9 Å². The molecule has 0 bridgehead atoms. The summed E-state index contributed by atoms with van der Waals surface area (Å²) in [6.07, 6.45) is 3.75. The molecule has 2 heterocycles. The Hall–Kier alpha value is -0.200. The maximum Gasteiger partial charge on any atom is 0.225 e. The zero-order chi connectivity index (χ0) is 11.5. The summed E-state index contributed by atoms with van der Waals surface area (Å²) < 4.78 is 6.56.